The average Bonchev–Trinajstić information content (AvgIpc) is 3.16. The van der Waals surface area contributed by atoms with Crippen LogP contribution in [0.4, 0.5) is 17.1 Å². The van der Waals surface area contributed by atoms with Gasteiger partial charge in [-0.2, -0.15) is 4.58 Å². The Bertz CT molecular complexity index is 2490. The molecule has 0 bridgehead atoms. The van der Waals surface area contributed by atoms with Crippen LogP contribution >= 0.6 is 0 Å². The van der Waals surface area contributed by atoms with Crippen molar-refractivity contribution < 1.29 is 37.2 Å². The number of carboxylic acid groups (broad SMARTS) is 2. The maximum Gasteiger partial charge on any atom is 0.303 e. The molecule has 2 aliphatic rings. The summed E-state index contributed by atoms with van der Waals surface area (Å²) in [6.45, 7) is 4.95. The molecule has 54 heavy (non-hydrogen) atoms. The average molecular weight is 747 g/mol. The quantitative estimate of drug-likeness (QED) is 0.0602. The molecular weight excluding hydrogens is 705 g/mol. The Balaban J connectivity index is 1.66. The van der Waals surface area contributed by atoms with Gasteiger partial charge >= 0.3 is 11.9 Å². The molecule has 10 nitrogen and oxygen atoms in total. The van der Waals surface area contributed by atoms with E-state index in [1.165, 1.54) is 12.1 Å². The van der Waals surface area contributed by atoms with Crippen LogP contribution in [0.15, 0.2) is 119 Å². The fraction of sp³-hybridized carbons (Fsp3) is 0.233. The lowest BCUT2D eigenvalue weighted by Crippen LogP contribution is -2.28. The van der Waals surface area contributed by atoms with Gasteiger partial charge < -0.3 is 24.1 Å². The fourth-order valence-corrected chi connectivity index (χ4v) is 7.77. The largest absolute Gasteiger partial charge is 0.744 e. The van der Waals surface area contributed by atoms with Gasteiger partial charge in [-0.1, -0.05) is 68.4 Å². The maximum absolute atomic E-state index is 12.6. The molecular formula is C43H42N2O8S. The molecule has 278 valence electrons. The number of fused-ring (bicyclic) bond motifs is 2. The van der Waals surface area contributed by atoms with Crippen molar-refractivity contribution >= 4 is 50.1 Å². The van der Waals surface area contributed by atoms with Gasteiger partial charge in [0.2, 0.25) is 11.0 Å². The van der Waals surface area contributed by atoms with Crippen LogP contribution < -0.4 is 14.8 Å². The first kappa shape index (κ1) is 38.0. The molecule has 4 aromatic rings. The number of hydrogen-bond donors (Lipinski definition) is 2. The first-order valence-corrected chi connectivity index (χ1v) is 19.4. The lowest BCUT2D eigenvalue weighted by Gasteiger charge is -2.28. The highest BCUT2D eigenvalue weighted by Gasteiger charge is 2.24. The highest BCUT2D eigenvalue weighted by atomic mass is 32.2. The van der Waals surface area contributed by atoms with E-state index in [9.17, 15) is 32.8 Å². The van der Waals surface area contributed by atoms with Crippen LogP contribution in [0.5, 0.6) is 0 Å². The van der Waals surface area contributed by atoms with Crippen molar-refractivity contribution in [1.29, 1.82) is 0 Å². The molecule has 0 spiro atoms. The van der Waals surface area contributed by atoms with Gasteiger partial charge in [-0.3, -0.25) is 9.59 Å². The SMILES string of the molecule is CCc1ccccc1N(CCCC(=O)O)c1ccc2c(-c3ccccc3S(=O)(=O)[O-])c3ccc(=[N+](CCCC(=O)O)c4ccccc4CC)cc-3oc2c1. The van der Waals surface area contributed by atoms with Crippen molar-refractivity contribution in [2.45, 2.75) is 57.3 Å². The highest BCUT2D eigenvalue weighted by Crippen LogP contribution is 2.43. The van der Waals surface area contributed by atoms with Crippen LogP contribution in [0.2, 0.25) is 0 Å². The Kier molecular flexibility index (Phi) is 11.6. The van der Waals surface area contributed by atoms with Crippen LogP contribution in [0.3, 0.4) is 0 Å². The van der Waals surface area contributed by atoms with E-state index >= 15 is 0 Å². The van der Waals surface area contributed by atoms with Crippen molar-refractivity contribution in [3.05, 3.63) is 126 Å². The van der Waals surface area contributed by atoms with Gasteiger partial charge in [0.1, 0.15) is 28.0 Å². The molecule has 0 aromatic heterocycles. The molecule has 1 aliphatic heterocycles. The van der Waals surface area contributed by atoms with Gasteiger partial charge in [0.25, 0.3) is 0 Å². The van der Waals surface area contributed by atoms with E-state index < -0.39 is 22.1 Å². The smallest absolute Gasteiger partial charge is 0.303 e. The predicted octanol–water partition coefficient (Wildman–Crippen LogP) is 8.21. The lowest BCUT2D eigenvalue weighted by atomic mass is 9.93. The summed E-state index contributed by atoms with van der Waals surface area (Å²) in [7, 11) is -4.88. The zero-order valence-corrected chi connectivity index (χ0v) is 31.0. The molecule has 11 heteroatoms. The number of aryl methyl sites for hydroxylation is 2. The normalized spacial score (nSPS) is 12.2. The van der Waals surface area contributed by atoms with Gasteiger partial charge in [-0.15, -0.1) is 0 Å². The summed E-state index contributed by atoms with van der Waals surface area (Å²) in [5, 5.41) is 20.2. The number of carbonyl (C=O) groups is 2. The minimum atomic E-state index is -4.88. The first-order valence-electron chi connectivity index (χ1n) is 18.0. The Hall–Kier alpha value is -5.78. The summed E-state index contributed by atoms with van der Waals surface area (Å²) < 4.78 is 46.7. The minimum absolute atomic E-state index is 0.00904. The molecule has 1 aliphatic carbocycles. The third-order valence-electron chi connectivity index (χ3n) is 9.61. The molecule has 0 amide bonds. The fourth-order valence-electron chi connectivity index (χ4n) is 7.08. The summed E-state index contributed by atoms with van der Waals surface area (Å²) in [6.07, 6.45) is 2.27. The molecule has 0 fully saturated rings. The molecule has 6 rings (SSSR count). The number of rotatable bonds is 15. The van der Waals surface area contributed by atoms with E-state index in [-0.39, 0.29) is 23.3 Å². The predicted molar refractivity (Wildman–Crippen MR) is 208 cm³/mol. The second kappa shape index (κ2) is 16.5. The Labute approximate surface area is 314 Å². The van der Waals surface area contributed by atoms with Crippen LogP contribution in [0.1, 0.15) is 50.7 Å². The van der Waals surface area contributed by atoms with Crippen LogP contribution in [-0.2, 0) is 32.5 Å². The number of aliphatic carboxylic acids is 2. The van der Waals surface area contributed by atoms with E-state index in [2.05, 4.69) is 23.3 Å². The summed E-state index contributed by atoms with van der Waals surface area (Å²) in [4.78, 5) is 24.7. The minimum Gasteiger partial charge on any atom is -0.744 e. The van der Waals surface area contributed by atoms with Crippen LogP contribution in [-0.4, -0.2) is 48.2 Å². The van der Waals surface area contributed by atoms with E-state index in [1.807, 2.05) is 84.9 Å². The Morgan fingerprint density at radius 2 is 1.43 bits per heavy atom. The molecule has 1 heterocycles. The zero-order chi connectivity index (χ0) is 38.4. The van der Waals surface area contributed by atoms with E-state index in [1.54, 1.807) is 12.1 Å². The second-order valence-electron chi connectivity index (χ2n) is 13.1. The molecule has 0 atom stereocenters. The number of para-hydroxylation sites is 2. The number of hydrogen-bond acceptors (Lipinski definition) is 7. The summed E-state index contributed by atoms with van der Waals surface area (Å²) in [5.74, 6) is -1.34. The van der Waals surface area contributed by atoms with Crippen LogP contribution in [0.25, 0.3) is 33.4 Å². The molecule has 0 unspecified atom stereocenters. The Morgan fingerprint density at radius 3 is 2.15 bits per heavy atom. The van der Waals surface area contributed by atoms with E-state index in [0.29, 0.717) is 53.8 Å². The van der Waals surface area contributed by atoms with Crippen molar-refractivity contribution in [3.63, 3.8) is 0 Å². The Morgan fingerprint density at radius 1 is 0.759 bits per heavy atom. The third-order valence-corrected chi connectivity index (χ3v) is 10.5. The maximum atomic E-state index is 12.6. The number of benzene rings is 5. The molecule has 0 saturated carbocycles. The standard InChI is InChI=1S/C43H42N2O8S/c1-3-29-13-5-8-16-36(29)44(25-11-19-41(46)47)31-21-23-33-38(27-31)53-39-28-32(45(26-12-20-42(48)49)37-17-9-6-14-30(37)4-2)22-24-34(39)43(33)35-15-7-10-18-40(35)54(50,51)52/h5-10,13-18,21-24,27-28H,3-4,11-12,19-20,25-26H2,1-2H3,(H2-,46,47,48,49,50,51,52). The lowest BCUT2D eigenvalue weighted by molar-refractivity contribution is -0.138. The van der Waals surface area contributed by atoms with E-state index in [4.69, 9.17) is 4.42 Å². The topological polar surface area (TPSA) is 151 Å². The van der Waals surface area contributed by atoms with Crippen molar-refractivity contribution in [3.8, 4) is 22.5 Å². The first-order chi connectivity index (χ1) is 26.0. The van der Waals surface area contributed by atoms with Gasteiger partial charge in [-0.25, -0.2) is 8.42 Å². The summed E-state index contributed by atoms with van der Waals surface area (Å²) in [6, 6.07) is 33.2. The molecule has 2 N–H and O–H groups in total. The summed E-state index contributed by atoms with van der Waals surface area (Å²) in [5.41, 5.74) is 6.53. The van der Waals surface area contributed by atoms with Gasteiger partial charge in [-0.05, 0) is 55.2 Å². The zero-order valence-electron chi connectivity index (χ0n) is 30.2. The monoisotopic (exact) mass is 746 g/mol. The number of carboxylic acids is 2. The van der Waals surface area contributed by atoms with Crippen molar-refractivity contribution in [2.24, 2.45) is 0 Å². The molecule has 0 saturated heterocycles. The summed E-state index contributed by atoms with van der Waals surface area (Å²) >= 11 is 0. The van der Waals surface area contributed by atoms with Gasteiger partial charge in [0.05, 0.1) is 17.4 Å². The molecule has 0 radical (unpaired) electrons. The van der Waals surface area contributed by atoms with Crippen molar-refractivity contribution in [1.82, 2.24) is 4.58 Å². The van der Waals surface area contributed by atoms with Crippen LogP contribution in [0, 0.1) is 0 Å². The molecule has 4 aromatic carbocycles. The number of nitrogens with zero attached hydrogens (tertiary/aromatic N) is 2. The third kappa shape index (κ3) is 8.22. The number of anilines is 2. The highest BCUT2D eigenvalue weighted by molar-refractivity contribution is 7.85. The second-order valence-corrected chi connectivity index (χ2v) is 14.4. The van der Waals surface area contributed by atoms with E-state index in [0.717, 1.165) is 46.4 Å². The van der Waals surface area contributed by atoms with Gasteiger partial charge in [0, 0.05) is 76.6 Å². The van der Waals surface area contributed by atoms with Gasteiger partial charge in [0.15, 0.2) is 0 Å². The van der Waals surface area contributed by atoms with Crippen molar-refractivity contribution in [2.75, 3.05) is 18.0 Å².